The molecule has 2 aromatic heterocycles. The van der Waals surface area contributed by atoms with Crippen LogP contribution < -0.4 is 5.32 Å². The second kappa shape index (κ2) is 5.84. The average Bonchev–Trinajstić information content (AvgIpc) is 3.01. The number of amides is 1. The molecule has 0 bridgehead atoms. The lowest BCUT2D eigenvalue weighted by atomic mass is 10.2. The maximum absolute atomic E-state index is 13.3. The highest BCUT2D eigenvalue weighted by Crippen LogP contribution is 2.48. The number of carbonyl (C=O) groups excluding carboxylic acids is 1. The third-order valence-electron chi connectivity index (χ3n) is 4.37. The van der Waals surface area contributed by atoms with Crippen molar-refractivity contribution in [1.82, 2.24) is 14.8 Å². The van der Waals surface area contributed by atoms with Gasteiger partial charge in [0.25, 0.3) is 0 Å². The number of anilines is 1. The second-order valence-electron chi connectivity index (χ2n) is 6.28. The number of hydrogen-bond donors (Lipinski definition) is 1. The predicted octanol–water partition coefficient (Wildman–Crippen LogP) is 3.36. The highest BCUT2D eigenvalue weighted by atomic mass is 19.1. The predicted molar refractivity (Wildman–Crippen MR) is 89.0 cm³/mol. The molecule has 25 heavy (non-hydrogen) atoms. The lowest BCUT2D eigenvalue weighted by molar-refractivity contribution is -0.117. The number of nitrogens with one attached hydrogen (secondary N) is 1. The number of hydrogen-bond acceptors (Lipinski definition) is 4. The molecule has 1 aromatic carbocycles. The summed E-state index contributed by atoms with van der Waals surface area (Å²) in [6.45, 7) is 3.53. The fourth-order valence-corrected chi connectivity index (χ4v) is 3.02. The molecule has 1 fully saturated rings. The summed E-state index contributed by atoms with van der Waals surface area (Å²) in [5.41, 5.74) is 1.39. The molecular formula is C18H17FN4O2. The molecule has 2 heterocycles. The molecule has 0 spiro atoms. The number of halogens is 1. The SMILES string of the molecule is Cc1nc(NC(=O)[C@@H]2C[C@H]2c2ccco2)n(-c2ccc(F)cc2C)n1. The van der Waals surface area contributed by atoms with E-state index >= 15 is 0 Å². The zero-order chi connectivity index (χ0) is 17.6. The Morgan fingerprint density at radius 1 is 1.36 bits per heavy atom. The van der Waals surface area contributed by atoms with E-state index in [1.54, 1.807) is 26.2 Å². The van der Waals surface area contributed by atoms with Crippen LogP contribution in [0.1, 0.15) is 29.5 Å². The van der Waals surface area contributed by atoms with Gasteiger partial charge in [-0.3, -0.25) is 10.1 Å². The number of aromatic nitrogens is 3. The van der Waals surface area contributed by atoms with E-state index in [2.05, 4.69) is 15.4 Å². The summed E-state index contributed by atoms with van der Waals surface area (Å²) in [5.74, 6) is 1.23. The molecule has 4 rings (SSSR count). The Hall–Kier alpha value is -2.96. The Bertz CT molecular complexity index is 933. The van der Waals surface area contributed by atoms with Gasteiger partial charge in [0, 0.05) is 11.8 Å². The van der Waals surface area contributed by atoms with Crippen LogP contribution in [0.15, 0.2) is 41.0 Å². The molecule has 128 valence electrons. The molecule has 0 radical (unpaired) electrons. The Morgan fingerprint density at radius 3 is 2.92 bits per heavy atom. The minimum atomic E-state index is -0.317. The molecule has 6 nitrogen and oxygen atoms in total. The first-order valence-corrected chi connectivity index (χ1v) is 8.07. The minimum absolute atomic E-state index is 0.111. The maximum atomic E-state index is 13.3. The first-order valence-electron chi connectivity index (χ1n) is 8.07. The van der Waals surface area contributed by atoms with Gasteiger partial charge in [0.2, 0.25) is 11.9 Å². The van der Waals surface area contributed by atoms with Gasteiger partial charge in [-0.15, -0.1) is 5.10 Å². The van der Waals surface area contributed by atoms with E-state index in [1.807, 2.05) is 12.1 Å². The van der Waals surface area contributed by atoms with Gasteiger partial charge in [0.15, 0.2) is 0 Å². The zero-order valence-electron chi connectivity index (χ0n) is 13.9. The summed E-state index contributed by atoms with van der Waals surface area (Å²) >= 11 is 0. The van der Waals surface area contributed by atoms with Gasteiger partial charge < -0.3 is 4.42 Å². The zero-order valence-corrected chi connectivity index (χ0v) is 13.9. The quantitative estimate of drug-likeness (QED) is 0.790. The van der Waals surface area contributed by atoms with E-state index in [0.29, 0.717) is 23.0 Å². The monoisotopic (exact) mass is 340 g/mol. The molecule has 1 saturated carbocycles. The Balaban J connectivity index is 1.56. The highest BCUT2D eigenvalue weighted by Gasteiger charge is 2.46. The largest absolute Gasteiger partial charge is 0.469 e. The molecule has 0 aliphatic heterocycles. The van der Waals surface area contributed by atoms with Crippen molar-refractivity contribution in [3.63, 3.8) is 0 Å². The molecular weight excluding hydrogens is 323 g/mol. The van der Waals surface area contributed by atoms with Crippen LogP contribution in [0.5, 0.6) is 0 Å². The number of nitrogens with zero attached hydrogens (tertiary/aromatic N) is 3. The topological polar surface area (TPSA) is 73.0 Å². The standard InChI is InChI=1S/C18H17FN4O2/c1-10-8-12(19)5-6-15(10)23-18(20-11(2)22-23)21-17(24)14-9-13(14)16-4-3-7-25-16/h3-8,13-14H,9H2,1-2H3,(H,20,21,22,24)/t13-,14-/m1/s1. The van der Waals surface area contributed by atoms with E-state index in [4.69, 9.17) is 4.42 Å². The van der Waals surface area contributed by atoms with Crippen molar-refractivity contribution in [2.45, 2.75) is 26.2 Å². The number of aryl methyl sites for hydroxylation is 2. The number of benzene rings is 1. The van der Waals surface area contributed by atoms with E-state index < -0.39 is 0 Å². The van der Waals surface area contributed by atoms with Gasteiger partial charge in [-0.05, 0) is 56.2 Å². The third-order valence-corrected chi connectivity index (χ3v) is 4.37. The molecule has 7 heteroatoms. The molecule has 1 N–H and O–H groups in total. The van der Waals surface area contributed by atoms with Gasteiger partial charge in [0.05, 0.1) is 12.0 Å². The normalized spacial score (nSPS) is 19.0. The molecule has 1 aliphatic carbocycles. The van der Waals surface area contributed by atoms with Crippen LogP contribution in [0.25, 0.3) is 5.69 Å². The molecule has 0 saturated heterocycles. The van der Waals surface area contributed by atoms with Crippen LogP contribution in [0, 0.1) is 25.6 Å². The second-order valence-corrected chi connectivity index (χ2v) is 6.28. The molecule has 1 aliphatic rings. The van der Waals surface area contributed by atoms with Crippen molar-refractivity contribution in [3.05, 3.63) is 59.6 Å². The van der Waals surface area contributed by atoms with Crippen molar-refractivity contribution < 1.29 is 13.6 Å². The first-order chi connectivity index (χ1) is 12.0. The van der Waals surface area contributed by atoms with E-state index in [-0.39, 0.29) is 23.6 Å². The van der Waals surface area contributed by atoms with Gasteiger partial charge in [-0.1, -0.05) is 0 Å². The fourth-order valence-electron chi connectivity index (χ4n) is 3.02. The Morgan fingerprint density at radius 2 is 2.20 bits per heavy atom. The molecule has 0 unspecified atom stereocenters. The summed E-state index contributed by atoms with van der Waals surface area (Å²) in [6.07, 6.45) is 2.36. The fraction of sp³-hybridized carbons (Fsp3) is 0.278. The molecule has 2 atom stereocenters. The Labute approximate surface area is 143 Å². The number of furan rings is 1. The summed E-state index contributed by atoms with van der Waals surface area (Å²) < 4.78 is 20.2. The van der Waals surface area contributed by atoms with Gasteiger partial charge in [-0.2, -0.15) is 9.67 Å². The highest BCUT2D eigenvalue weighted by molar-refractivity contribution is 5.94. The molecule has 1 amide bonds. The lowest BCUT2D eigenvalue weighted by Gasteiger charge is -2.09. The van der Waals surface area contributed by atoms with Crippen molar-refractivity contribution in [2.75, 3.05) is 5.32 Å². The summed E-state index contributed by atoms with van der Waals surface area (Å²) in [6, 6.07) is 8.11. The summed E-state index contributed by atoms with van der Waals surface area (Å²) in [5, 5.41) is 7.16. The average molecular weight is 340 g/mol. The van der Waals surface area contributed by atoms with Crippen molar-refractivity contribution in [1.29, 1.82) is 0 Å². The lowest BCUT2D eigenvalue weighted by Crippen LogP contribution is -2.18. The van der Waals surface area contributed by atoms with Crippen LogP contribution in [-0.4, -0.2) is 20.7 Å². The van der Waals surface area contributed by atoms with Crippen LogP contribution in [-0.2, 0) is 4.79 Å². The Kier molecular flexibility index (Phi) is 3.63. The van der Waals surface area contributed by atoms with Crippen molar-refractivity contribution in [3.8, 4) is 5.69 Å². The maximum Gasteiger partial charge on any atom is 0.233 e. The summed E-state index contributed by atoms with van der Waals surface area (Å²) in [7, 11) is 0. The third kappa shape index (κ3) is 2.93. The van der Waals surface area contributed by atoms with Crippen LogP contribution >= 0.6 is 0 Å². The minimum Gasteiger partial charge on any atom is -0.469 e. The van der Waals surface area contributed by atoms with Gasteiger partial charge >= 0.3 is 0 Å². The van der Waals surface area contributed by atoms with E-state index in [1.165, 1.54) is 16.8 Å². The van der Waals surface area contributed by atoms with Crippen molar-refractivity contribution >= 4 is 11.9 Å². The van der Waals surface area contributed by atoms with Crippen molar-refractivity contribution in [2.24, 2.45) is 5.92 Å². The molecule has 3 aromatic rings. The van der Waals surface area contributed by atoms with Crippen LogP contribution in [0.3, 0.4) is 0 Å². The van der Waals surface area contributed by atoms with Crippen LogP contribution in [0.4, 0.5) is 10.3 Å². The first kappa shape index (κ1) is 15.6. The van der Waals surface area contributed by atoms with Gasteiger partial charge in [0.1, 0.15) is 17.4 Å². The van der Waals surface area contributed by atoms with Crippen LogP contribution in [0.2, 0.25) is 0 Å². The smallest absolute Gasteiger partial charge is 0.233 e. The van der Waals surface area contributed by atoms with E-state index in [0.717, 1.165) is 12.2 Å². The number of rotatable bonds is 4. The number of carbonyl (C=O) groups is 1. The summed E-state index contributed by atoms with van der Waals surface area (Å²) in [4.78, 5) is 16.8. The van der Waals surface area contributed by atoms with E-state index in [9.17, 15) is 9.18 Å². The van der Waals surface area contributed by atoms with Gasteiger partial charge in [-0.25, -0.2) is 4.39 Å².